The second-order valence-corrected chi connectivity index (χ2v) is 4.71. The highest BCUT2D eigenvalue weighted by molar-refractivity contribution is 5.83. The molecular formula is C14H20N2. The molecule has 16 heavy (non-hydrogen) atoms. The van der Waals surface area contributed by atoms with E-state index < -0.39 is 0 Å². The van der Waals surface area contributed by atoms with Gasteiger partial charge >= 0.3 is 0 Å². The minimum atomic E-state index is 0.546. The smallest absolute Gasteiger partial charge is 0.0972 e. The first-order valence-corrected chi connectivity index (χ1v) is 6.11. The Balaban J connectivity index is 1.97. The van der Waals surface area contributed by atoms with Crippen molar-refractivity contribution in [2.45, 2.75) is 39.2 Å². The summed E-state index contributed by atoms with van der Waals surface area (Å²) in [6.07, 6.45) is 5.07. The topological polar surface area (TPSA) is 38.4 Å². The molecule has 2 heteroatoms. The summed E-state index contributed by atoms with van der Waals surface area (Å²) in [5, 5.41) is 0. The summed E-state index contributed by atoms with van der Waals surface area (Å²) >= 11 is 0. The van der Waals surface area contributed by atoms with Crippen molar-refractivity contribution in [2.24, 2.45) is 16.6 Å². The van der Waals surface area contributed by atoms with Crippen LogP contribution in [0.3, 0.4) is 0 Å². The molecule has 0 bridgehead atoms. The van der Waals surface area contributed by atoms with Crippen LogP contribution in [0.5, 0.6) is 0 Å². The van der Waals surface area contributed by atoms with E-state index in [4.69, 9.17) is 5.73 Å². The molecule has 1 saturated carbocycles. The van der Waals surface area contributed by atoms with E-state index in [0.717, 1.165) is 12.4 Å². The Labute approximate surface area is 97.6 Å². The monoisotopic (exact) mass is 216 g/mol. The molecule has 2 nitrogen and oxygen atoms in total. The number of aryl methyl sites for hydroxylation is 1. The Morgan fingerprint density at radius 3 is 2.81 bits per heavy atom. The van der Waals surface area contributed by atoms with Crippen LogP contribution in [0.25, 0.3) is 0 Å². The van der Waals surface area contributed by atoms with Crippen LogP contribution in [0.1, 0.15) is 36.8 Å². The van der Waals surface area contributed by atoms with Gasteiger partial charge in [-0.15, -0.1) is 0 Å². The van der Waals surface area contributed by atoms with Crippen LogP contribution in [-0.2, 0) is 6.54 Å². The number of aliphatic imine (C=N–C) groups is 1. The van der Waals surface area contributed by atoms with E-state index in [1.165, 1.54) is 36.8 Å². The van der Waals surface area contributed by atoms with E-state index in [1.54, 1.807) is 0 Å². The first-order valence-electron chi connectivity index (χ1n) is 6.11. The fraction of sp³-hybridized carbons (Fsp3) is 0.500. The number of nitrogens with two attached hydrogens (primary N) is 1. The van der Waals surface area contributed by atoms with Gasteiger partial charge < -0.3 is 5.73 Å². The quantitative estimate of drug-likeness (QED) is 0.612. The van der Waals surface area contributed by atoms with Crippen molar-refractivity contribution in [3.63, 3.8) is 0 Å². The summed E-state index contributed by atoms with van der Waals surface area (Å²) in [7, 11) is 0. The number of hydrogen-bond acceptors (Lipinski definition) is 1. The second kappa shape index (κ2) is 5.15. The molecule has 0 radical (unpaired) electrons. The molecule has 2 rings (SSSR count). The zero-order chi connectivity index (χ0) is 11.4. The van der Waals surface area contributed by atoms with E-state index in [-0.39, 0.29) is 0 Å². The fourth-order valence-corrected chi connectivity index (χ4v) is 2.34. The third-order valence-corrected chi connectivity index (χ3v) is 3.30. The average Bonchev–Trinajstić information content (AvgIpc) is 2.79. The van der Waals surface area contributed by atoms with Gasteiger partial charge in [0.1, 0.15) is 0 Å². The van der Waals surface area contributed by atoms with E-state index >= 15 is 0 Å². The average molecular weight is 216 g/mol. The summed E-state index contributed by atoms with van der Waals surface area (Å²) < 4.78 is 0. The SMILES string of the molecule is Cc1cccc(CN=C(N)C2CCCC2)c1. The largest absolute Gasteiger partial charge is 0.387 e. The van der Waals surface area contributed by atoms with Crippen molar-refractivity contribution < 1.29 is 0 Å². The minimum Gasteiger partial charge on any atom is -0.387 e. The maximum atomic E-state index is 6.01. The Hall–Kier alpha value is -1.31. The molecule has 1 aliphatic carbocycles. The molecule has 1 aliphatic rings. The molecule has 0 aromatic heterocycles. The standard InChI is InChI=1S/C14H20N2/c1-11-5-4-6-12(9-11)10-16-14(15)13-7-2-3-8-13/h4-6,9,13H,2-3,7-8,10H2,1H3,(H2,15,16). The van der Waals surface area contributed by atoms with Crippen molar-refractivity contribution in [2.75, 3.05) is 0 Å². The summed E-state index contributed by atoms with van der Waals surface area (Å²) in [4.78, 5) is 4.51. The van der Waals surface area contributed by atoms with Crippen LogP contribution in [0.4, 0.5) is 0 Å². The molecular weight excluding hydrogens is 196 g/mol. The Morgan fingerprint density at radius 2 is 2.12 bits per heavy atom. The van der Waals surface area contributed by atoms with Crippen LogP contribution in [0.15, 0.2) is 29.3 Å². The van der Waals surface area contributed by atoms with E-state index in [9.17, 15) is 0 Å². The number of rotatable bonds is 3. The van der Waals surface area contributed by atoms with Crippen LogP contribution in [0, 0.1) is 12.8 Å². The molecule has 86 valence electrons. The highest BCUT2D eigenvalue weighted by Gasteiger charge is 2.18. The van der Waals surface area contributed by atoms with Crippen LogP contribution >= 0.6 is 0 Å². The molecule has 0 spiro atoms. The highest BCUT2D eigenvalue weighted by Crippen LogP contribution is 2.24. The van der Waals surface area contributed by atoms with Gasteiger partial charge in [-0.2, -0.15) is 0 Å². The van der Waals surface area contributed by atoms with Crippen molar-refractivity contribution in [3.05, 3.63) is 35.4 Å². The maximum Gasteiger partial charge on any atom is 0.0972 e. The summed E-state index contributed by atoms with van der Waals surface area (Å²) in [6.45, 7) is 2.83. The molecule has 0 atom stereocenters. The van der Waals surface area contributed by atoms with Gasteiger partial charge in [0.15, 0.2) is 0 Å². The second-order valence-electron chi connectivity index (χ2n) is 4.71. The predicted molar refractivity (Wildman–Crippen MR) is 68.5 cm³/mol. The molecule has 0 amide bonds. The van der Waals surface area contributed by atoms with Crippen molar-refractivity contribution in [3.8, 4) is 0 Å². The lowest BCUT2D eigenvalue weighted by atomic mass is 10.1. The lowest BCUT2D eigenvalue weighted by Crippen LogP contribution is -2.21. The summed E-state index contributed by atoms with van der Waals surface area (Å²) in [6, 6.07) is 8.46. The first kappa shape index (κ1) is 11.2. The predicted octanol–water partition coefficient (Wildman–Crippen LogP) is 3.04. The Morgan fingerprint density at radius 1 is 1.38 bits per heavy atom. The van der Waals surface area contributed by atoms with Gasteiger partial charge in [-0.05, 0) is 25.3 Å². The number of hydrogen-bond donors (Lipinski definition) is 1. The highest BCUT2D eigenvalue weighted by atomic mass is 14.9. The van der Waals surface area contributed by atoms with E-state index in [0.29, 0.717) is 5.92 Å². The third-order valence-electron chi connectivity index (χ3n) is 3.30. The van der Waals surface area contributed by atoms with E-state index in [1.807, 2.05) is 0 Å². The maximum absolute atomic E-state index is 6.01. The summed E-state index contributed by atoms with van der Waals surface area (Å²) in [5.74, 6) is 1.41. The minimum absolute atomic E-state index is 0.546. The fourth-order valence-electron chi connectivity index (χ4n) is 2.34. The molecule has 0 aliphatic heterocycles. The van der Waals surface area contributed by atoms with Gasteiger partial charge in [0, 0.05) is 5.92 Å². The molecule has 0 saturated heterocycles. The van der Waals surface area contributed by atoms with Crippen LogP contribution < -0.4 is 5.73 Å². The first-order chi connectivity index (χ1) is 7.75. The van der Waals surface area contributed by atoms with Gasteiger partial charge in [0.2, 0.25) is 0 Å². The van der Waals surface area contributed by atoms with E-state index in [2.05, 4.69) is 36.2 Å². The van der Waals surface area contributed by atoms with Crippen molar-refractivity contribution in [1.82, 2.24) is 0 Å². The van der Waals surface area contributed by atoms with Gasteiger partial charge in [-0.3, -0.25) is 4.99 Å². The van der Waals surface area contributed by atoms with Crippen LogP contribution in [0.2, 0.25) is 0 Å². The molecule has 2 N–H and O–H groups in total. The molecule has 0 unspecified atom stereocenters. The number of benzene rings is 1. The third kappa shape index (κ3) is 2.84. The zero-order valence-corrected chi connectivity index (χ0v) is 9.95. The normalized spacial score (nSPS) is 17.9. The summed E-state index contributed by atoms with van der Waals surface area (Å²) in [5.41, 5.74) is 8.55. The molecule has 1 fully saturated rings. The van der Waals surface area contributed by atoms with Gasteiger partial charge in [-0.25, -0.2) is 0 Å². The van der Waals surface area contributed by atoms with Crippen LogP contribution in [-0.4, -0.2) is 5.84 Å². The molecule has 0 heterocycles. The van der Waals surface area contributed by atoms with Crippen molar-refractivity contribution >= 4 is 5.84 Å². The Bertz CT molecular complexity index is 376. The lowest BCUT2D eigenvalue weighted by molar-refractivity contribution is 0.715. The van der Waals surface area contributed by atoms with Crippen molar-refractivity contribution in [1.29, 1.82) is 0 Å². The number of nitrogens with zero attached hydrogens (tertiary/aromatic N) is 1. The van der Waals surface area contributed by atoms with Gasteiger partial charge in [0.25, 0.3) is 0 Å². The molecule has 1 aromatic rings. The zero-order valence-electron chi connectivity index (χ0n) is 9.95. The van der Waals surface area contributed by atoms with Gasteiger partial charge in [-0.1, -0.05) is 42.7 Å². The lowest BCUT2D eigenvalue weighted by Gasteiger charge is -2.08. The van der Waals surface area contributed by atoms with Gasteiger partial charge in [0.05, 0.1) is 12.4 Å². The Kier molecular flexibility index (Phi) is 3.60. The molecule has 1 aromatic carbocycles. The number of amidine groups is 1.